The minimum absolute atomic E-state index is 0.520. The van der Waals surface area contributed by atoms with E-state index < -0.39 is 0 Å². The summed E-state index contributed by atoms with van der Waals surface area (Å²) in [5, 5.41) is 13.0. The third-order valence-electron chi connectivity index (χ3n) is 3.83. The predicted octanol–water partition coefficient (Wildman–Crippen LogP) is 3.54. The average molecular weight is 355 g/mol. The second-order valence-electron chi connectivity index (χ2n) is 5.50. The largest absolute Gasteiger partial charge is 0.457 e. The first-order valence-electron chi connectivity index (χ1n) is 7.85. The highest BCUT2D eigenvalue weighted by Gasteiger charge is 2.10. The number of fused-ring (bicyclic) bond motifs is 1. The van der Waals surface area contributed by atoms with Crippen LogP contribution in [0.1, 0.15) is 12.5 Å². The van der Waals surface area contributed by atoms with Gasteiger partial charge in [-0.3, -0.25) is 0 Å². The maximum absolute atomic E-state index is 6.14. The van der Waals surface area contributed by atoms with E-state index in [0.717, 1.165) is 28.9 Å². The summed E-state index contributed by atoms with van der Waals surface area (Å²) in [5.41, 5.74) is 2.69. The maximum Gasteiger partial charge on any atom is 0.137 e. The van der Waals surface area contributed by atoms with E-state index in [0.29, 0.717) is 17.3 Å². The van der Waals surface area contributed by atoms with E-state index in [9.17, 15) is 0 Å². The topological polar surface area (TPSA) is 70.7 Å². The Labute approximate surface area is 148 Å². The number of hydrogen-bond donors (Lipinski definition) is 0. The van der Waals surface area contributed by atoms with Gasteiger partial charge in [0, 0.05) is 23.2 Å². The molecule has 0 atom stereocenters. The zero-order valence-corrected chi connectivity index (χ0v) is 14.3. The van der Waals surface area contributed by atoms with Gasteiger partial charge in [0.25, 0.3) is 0 Å². The van der Waals surface area contributed by atoms with Crippen LogP contribution in [0.15, 0.2) is 49.1 Å². The Morgan fingerprint density at radius 2 is 2.08 bits per heavy atom. The number of benzene rings is 2. The molecule has 0 bridgehead atoms. The van der Waals surface area contributed by atoms with Gasteiger partial charge in [0.15, 0.2) is 0 Å². The van der Waals surface area contributed by atoms with Gasteiger partial charge in [-0.05, 0) is 37.3 Å². The second-order valence-corrected chi connectivity index (χ2v) is 5.94. The second kappa shape index (κ2) is 6.52. The van der Waals surface area contributed by atoms with Crippen molar-refractivity contribution in [3.63, 3.8) is 0 Å². The number of rotatable bonds is 5. The Balaban J connectivity index is 1.68. The van der Waals surface area contributed by atoms with Gasteiger partial charge in [0.1, 0.15) is 29.7 Å². The van der Waals surface area contributed by atoms with Crippen molar-refractivity contribution in [2.75, 3.05) is 0 Å². The Kier molecular flexibility index (Phi) is 4.07. The Morgan fingerprint density at radius 1 is 1.16 bits per heavy atom. The first kappa shape index (κ1) is 15.6. The Hall–Kier alpha value is -2.93. The lowest BCUT2D eigenvalue weighted by Gasteiger charge is -2.12. The molecule has 0 aliphatic carbocycles. The van der Waals surface area contributed by atoms with Crippen molar-refractivity contribution < 1.29 is 4.74 Å². The van der Waals surface area contributed by atoms with E-state index in [-0.39, 0.29) is 0 Å². The molecular weight excluding hydrogens is 340 g/mol. The fourth-order valence-corrected chi connectivity index (χ4v) is 2.82. The van der Waals surface area contributed by atoms with Crippen LogP contribution in [0.4, 0.5) is 0 Å². The quantitative estimate of drug-likeness (QED) is 0.548. The first-order valence-corrected chi connectivity index (χ1v) is 8.22. The molecule has 2 aromatic carbocycles. The van der Waals surface area contributed by atoms with Crippen LogP contribution in [-0.2, 0) is 13.1 Å². The number of halogens is 1. The molecule has 4 aromatic rings. The highest BCUT2D eigenvalue weighted by molar-refractivity contribution is 6.30. The van der Waals surface area contributed by atoms with Crippen molar-refractivity contribution in [3.8, 4) is 11.5 Å². The summed E-state index contributed by atoms with van der Waals surface area (Å²) in [7, 11) is 0. The van der Waals surface area contributed by atoms with E-state index in [2.05, 4.69) is 20.4 Å². The van der Waals surface area contributed by atoms with Crippen molar-refractivity contribution in [2.45, 2.75) is 20.0 Å². The van der Waals surface area contributed by atoms with Crippen molar-refractivity contribution in [3.05, 3.63) is 59.6 Å². The Morgan fingerprint density at radius 3 is 2.88 bits per heavy atom. The molecule has 0 unspecified atom stereocenters. The molecule has 4 rings (SSSR count). The van der Waals surface area contributed by atoms with Crippen molar-refractivity contribution in [1.82, 2.24) is 29.8 Å². The van der Waals surface area contributed by atoms with Crippen LogP contribution in [0.2, 0.25) is 5.02 Å². The number of aryl methyl sites for hydroxylation is 1. The maximum atomic E-state index is 6.14. The molecule has 0 aliphatic heterocycles. The molecule has 2 aromatic heterocycles. The van der Waals surface area contributed by atoms with Gasteiger partial charge in [-0.15, -0.1) is 5.10 Å². The summed E-state index contributed by atoms with van der Waals surface area (Å²) in [5.74, 6) is 1.43. The normalized spacial score (nSPS) is 11.1. The third kappa shape index (κ3) is 3.18. The average Bonchev–Trinajstić information content (AvgIpc) is 3.26. The van der Waals surface area contributed by atoms with E-state index in [1.54, 1.807) is 17.1 Å². The number of hydrogen-bond acceptors (Lipinski definition) is 5. The van der Waals surface area contributed by atoms with Crippen LogP contribution >= 0.6 is 11.6 Å². The number of ether oxygens (including phenoxy) is 1. The summed E-state index contributed by atoms with van der Waals surface area (Å²) in [6, 6.07) is 11.2. The summed E-state index contributed by atoms with van der Waals surface area (Å²) >= 11 is 6.14. The van der Waals surface area contributed by atoms with Gasteiger partial charge < -0.3 is 4.74 Å². The van der Waals surface area contributed by atoms with E-state index in [1.807, 2.05) is 41.9 Å². The van der Waals surface area contributed by atoms with Gasteiger partial charge in [-0.25, -0.2) is 14.3 Å². The fraction of sp³-hybridized carbons (Fsp3) is 0.176. The van der Waals surface area contributed by atoms with Gasteiger partial charge in [-0.1, -0.05) is 16.8 Å². The summed E-state index contributed by atoms with van der Waals surface area (Å²) < 4.78 is 9.65. The molecule has 8 heteroatoms. The molecule has 2 heterocycles. The SMILES string of the molecule is CCn1nnc2ccc(Oc3ccc(Cl)cc3Cn3cncn3)cc21. The van der Waals surface area contributed by atoms with Crippen LogP contribution in [-0.4, -0.2) is 29.8 Å². The third-order valence-corrected chi connectivity index (χ3v) is 4.07. The lowest BCUT2D eigenvalue weighted by Crippen LogP contribution is -2.02. The molecule has 0 radical (unpaired) electrons. The molecule has 0 N–H and O–H groups in total. The van der Waals surface area contributed by atoms with E-state index >= 15 is 0 Å². The zero-order valence-electron chi connectivity index (χ0n) is 13.5. The minimum atomic E-state index is 0.520. The zero-order chi connectivity index (χ0) is 17.2. The van der Waals surface area contributed by atoms with Gasteiger partial charge in [0.2, 0.25) is 0 Å². The van der Waals surface area contributed by atoms with Gasteiger partial charge in [-0.2, -0.15) is 5.10 Å². The van der Waals surface area contributed by atoms with Crippen LogP contribution in [0.5, 0.6) is 11.5 Å². The van der Waals surface area contributed by atoms with Crippen molar-refractivity contribution in [1.29, 1.82) is 0 Å². The molecule has 7 nitrogen and oxygen atoms in total. The molecular formula is C17H15ClN6O. The minimum Gasteiger partial charge on any atom is -0.457 e. The van der Waals surface area contributed by atoms with Crippen LogP contribution < -0.4 is 4.74 Å². The van der Waals surface area contributed by atoms with Gasteiger partial charge >= 0.3 is 0 Å². The lowest BCUT2D eigenvalue weighted by molar-refractivity contribution is 0.472. The fourth-order valence-electron chi connectivity index (χ4n) is 2.63. The van der Waals surface area contributed by atoms with Crippen molar-refractivity contribution >= 4 is 22.6 Å². The molecule has 126 valence electrons. The molecule has 0 saturated heterocycles. The monoisotopic (exact) mass is 354 g/mol. The highest BCUT2D eigenvalue weighted by atomic mass is 35.5. The number of nitrogens with zero attached hydrogens (tertiary/aromatic N) is 6. The summed E-state index contributed by atoms with van der Waals surface area (Å²) in [6.07, 6.45) is 3.15. The summed E-state index contributed by atoms with van der Waals surface area (Å²) in [6.45, 7) is 3.29. The smallest absolute Gasteiger partial charge is 0.137 e. The predicted molar refractivity (Wildman–Crippen MR) is 93.9 cm³/mol. The lowest BCUT2D eigenvalue weighted by atomic mass is 10.2. The van der Waals surface area contributed by atoms with Gasteiger partial charge in [0.05, 0.1) is 12.1 Å². The van der Waals surface area contributed by atoms with Crippen LogP contribution in [0.25, 0.3) is 11.0 Å². The molecule has 0 saturated carbocycles. The molecule has 0 aliphatic rings. The molecule has 25 heavy (non-hydrogen) atoms. The molecule has 0 amide bonds. The van der Waals surface area contributed by atoms with E-state index in [4.69, 9.17) is 16.3 Å². The Bertz CT molecular complexity index is 1010. The summed E-state index contributed by atoms with van der Waals surface area (Å²) in [4.78, 5) is 3.96. The van der Waals surface area contributed by atoms with Crippen molar-refractivity contribution in [2.24, 2.45) is 0 Å². The van der Waals surface area contributed by atoms with Crippen LogP contribution in [0.3, 0.4) is 0 Å². The first-order chi connectivity index (χ1) is 12.2. The highest BCUT2D eigenvalue weighted by Crippen LogP contribution is 2.30. The van der Waals surface area contributed by atoms with E-state index in [1.165, 1.54) is 6.33 Å². The molecule has 0 spiro atoms. The van der Waals surface area contributed by atoms with Crippen LogP contribution in [0, 0.1) is 0 Å². The molecule has 0 fully saturated rings. The number of aromatic nitrogens is 6. The standard InChI is InChI=1S/C17H15ClN6O/c1-2-24-16-8-14(4-5-15(16)21-22-24)25-17-6-3-13(18)7-12(17)9-23-11-19-10-20-23/h3-8,10-11H,2,9H2,1H3.